The molecule has 0 aromatic heterocycles. The highest BCUT2D eigenvalue weighted by molar-refractivity contribution is 5.68. The van der Waals surface area contributed by atoms with Crippen LogP contribution in [0.15, 0.2) is 54.6 Å². The summed E-state index contributed by atoms with van der Waals surface area (Å²) in [5.74, 6) is -0.125. The SMILES string of the molecule is CC(C)(C)OC(=O)NC1C(c2ccc(F)cc2)C2CCC1N2Cc1ccccc1. The quantitative estimate of drug-likeness (QED) is 0.803. The van der Waals surface area contributed by atoms with Crippen LogP contribution in [0.4, 0.5) is 9.18 Å². The zero-order valence-electron chi connectivity index (χ0n) is 17.3. The molecule has 2 saturated heterocycles. The minimum Gasteiger partial charge on any atom is -0.444 e. The lowest BCUT2D eigenvalue weighted by molar-refractivity contribution is 0.0486. The van der Waals surface area contributed by atoms with E-state index in [2.05, 4.69) is 34.5 Å². The maximum Gasteiger partial charge on any atom is 0.407 e. The van der Waals surface area contributed by atoms with Gasteiger partial charge in [-0.25, -0.2) is 9.18 Å². The van der Waals surface area contributed by atoms with Crippen LogP contribution >= 0.6 is 0 Å². The molecule has 2 fully saturated rings. The highest BCUT2D eigenvalue weighted by Gasteiger charge is 2.54. The first kappa shape index (κ1) is 19.9. The first-order chi connectivity index (χ1) is 13.8. The second kappa shape index (κ2) is 7.79. The van der Waals surface area contributed by atoms with E-state index in [-0.39, 0.29) is 29.9 Å². The number of alkyl carbamates (subject to hydrolysis) is 1. The van der Waals surface area contributed by atoms with E-state index in [0.29, 0.717) is 6.04 Å². The molecule has 2 aromatic rings. The van der Waals surface area contributed by atoms with Crippen LogP contribution in [0.5, 0.6) is 0 Å². The Morgan fingerprint density at radius 2 is 1.72 bits per heavy atom. The van der Waals surface area contributed by atoms with Crippen molar-refractivity contribution < 1.29 is 13.9 Å². The molecule has 0 saturated carbocycles. The first-order valence-corrected chi connectivity index (χ1v) is 10.4. The summed E-state index contributed by atoms with van der Waals surface area (Å²) in [5, 5.41) is 3.15. The number of hydrogen-bond donors (Lipinski definition) is 1. The Labute approximate surface area is 172 Å². The summed E-state index contributed by atoms with van der Waals surface area (Å²) >= 11 is 0. The monoisotopic (exact) mass is 396 g/mol. The summed E-state index contributed by atoms with van der Waals surface area (Å²) in [6.45, 7) is 6.45. The van der Waals surface area contributed by atoms with Crippen LogP contribution in [0.1, 0.15) is 50.7 Å². The minimum atomic E-state index is -0.545. The maximum absolute atomic E-state index is 13.5. The lowest BCUT2D eigenvalue weighted by Crippen LogP contribution is -2.48. The normalized spacial score (nSPS) is 26.5. The smallest absolute Gasteiger partial charge is 0.407 e. The zero-order valence-corrected chi connectivity index (χ0v) is 17.3. The Morgan fingerprint density at radius 3 is 2.38 bits per heavy atom. The number of nitrogens with one attached hydrogen (secondary N) is 1. The minimum absolute atomic E-state index is 0.0576. The van der Waals surface area contributed by atoms with E-state index in [9.17, 15) is 9.18 Å². The Morgan fingerprint density at radius 1 is 1.07 bits per heavy atom. The van der Waals surface area contributed by atoms with Gasteiger partial charge in [0.25, 0.3) is 0 Å². The fourth-order valence-corrected chi connectivity index (χ4v) is 4.94. The highest BCUT2D eigenvalue weighted by Crippen LogP contribution is 2.47. The van der Waals surface area contributed by atoms with Gasteiger partial charge in [-0.3, -0.25) is 4.90 Å². The lowest BCUT2D eigenvalue weighted by Gasteiger charge is -2.31. The topological polar surface area (TPSA) is 41.6 Å². The van der Waals surface area contributed by atoms with Crippen LogP contribution in [-0.2, 0) is 11.3 Å². The molecular weight excluding hydrogens is 367 g/mol. The van der Waals surface area contributed by atoms with Crippen LogP contribution in [0.25, 0.3) is 0 Å². The van der Waals surface area contributed by atoms with Crippen molar-refractivity contribution >= 4 is 6.09 Å². The lowest BCUT2D eigenvalue weighted by atomic mass is 9.80. The van der Waals surface area contributed by atoms with Crippen molar-refractivity contribution in [3.05, 3.63) is 71.5 Å². The third-order valence-electron chi connectivity index (χ3n) is 5.97. The molecule has 0 radical (unpaired) electrons. The third-order valence-corrected chi connectivity index (χ3v) is 5.97. The van der Waals surface area contributed by atoms with E-state index in [0.717, 1.165) is 24.9 Å². The molecule has 2 aromatic carbocycles. The van der Waals surface area contributed by atoms with Gasteiger partial charge >= 0.3 is 6.09 Å². The maximum atomic E-state index is 13.5. The van der Waals surface area contributed by atoms with Crippen molar-refractivity contribution in [1.82, 2.24) is 10.2 Å². The molecular formula is C24H29FN2O2. The molecule has 1 N–H and O–H groups in total. The van der Waals surface area contributed by atoms with Crippen molar-refractivity contribution in [2.24, 2.45) is 0 Å². The van der Waals surface area contributed by atoms with Gasteiger partial charge in [-0.1, -0.05) is 42.5 Å². The summed E-state index contributed by atoms with van der Waals surface area (Å²) in [6.07, 6.45) is 1.73. The molecule has 2 aliphatic rings. The number of halogens is 1. The molecule has 4 unspecified atom stereocenters. The molecule has 29 heavy (non-hydrogen) atoms. The molecule has 2 heterocycles. The van der Waals surface area contributed by atoms with Gasteiger partial charge in [0.1, 0.15) is 11.4 Å². The fourth-order valence-electron chi connectivity index (χ4n) is 4.94. The van der Waals surface area contributed by atoms with Crippen molar-refractivity contribution in [1.29, 1.82) is 0 Å². The summed E-state index contributed by atoms with van der Waals surface area (Å²) in [6, 6.07) is 17.6. The van der Waals surface area contributed by atoms with E-state index in [1.807, 2.05) is 39.0 Å². The zero-order chi connectivity index (χ0) is 20.6. The Bertz CT molecular complexity index is 847. The summed E-state index contributed by atoms with van der Waals surface area (Å²) in [5.41, 5.74) is 1.79. The number of fused-ring (bicyclic) bond motifs is 2. The van der Waals surface area contributed by atoms with Gasteiger partial charge in [0.15, 0.2) is 0 Å². The summed E-state index contributed by atoms with van der Waals surface area (Å²) < 4.78 is 19.1. The molecule has 1 amide bonds. The van der Waals surface area contributed by atoms with E-state index in [4.69, 9.17) is 4.74 Å². The molecule has 0 aliphatic carbocycles. The molecule has 2 bridgehead atoms. The Hall–Kier alpha value is -2.40. The van der Waals surface area contributed by atoms with Gasteiger partial charge in [-0.05, 0) is 56.9 Å². The van der Waals surface area contributed by atoms with Crippen molar-refractivity contribution in [3.63, 3.8) is 0 Å². The molecule has 5 heteroatoms. The highest BCUT2D eigenvalue weighted by atomic mass is 19.1. The average molecular weight is 397 g/mol. The molecule has 154 valence electrons. The molecule has 0 spiro atoms. The summed E-state index contributed by atoms with van der Waals surface area (Å²) in [4.78, 5) is 15.1. The number of nitrogens with zero attached hydrogens (tertiary/aromatic N) is 1. The number of carbonyl (C=O) groups excluding carboxylic acids is 1. The van der Waals surface area contributed by atoms with Crippen LogP contribution in [0.2, 0.25) is 0 Å². The van der Waals surface area contributed by atoms with Gasteiger partial charge in [-0.15, -0.1) is 0 Å². The van der Waals surface area contributed by atoms with Crippen LogP contribution < -0.4 is 5.32 Å². The Balaban J connectivity index is 1.61. The second-order valence-corrected chi connectivity index (χ2v) is 9.12. The van der Waals surface area contributed by atoms with Crippen molar-refractivity contribution in [2.75, 3.05) is 0 Å². The van der Waals surface area contributed by atoms with Gasteiger partial charge in [-0.2, -0.15) is 0 Å². The van der Waals surface area contributed by atoms with Gasteiger partial charge in [0.05, 0.1) is 6.04 Å². The van der Waals surface area contributed by atoms with Gasteiger partial charge < -0.3 is 10.1 Å². The van der Waals surface area contributed by atoms with Gasteiger partial charge in [0.2, 0.25) is 0 Å². The fraction of sp³-hybridized carbons (Fsp3) is 0.458. The number of ether oxygens (including phenoxy) is 1. The molecule has 4 rings (SSSR count). The number of carbonyl (C=O) groups is 1. The third kappa shape index (κ3) is 4.30. The van der Waals surface area contributed by atoms with Gasteiger partial charge in [0, 0.05) is 24.5 Å². The summed E-state index contributed by atoms with van der Waals surface area (Å²) in [7, 11) is 0. The largest absolute Gasteiger partial charge is 0.444 e. The van der Waals surface area contributed by atoms with E-state index < -0.39 is 5.60 Å². The standard InChI is InChI=1S/C24H29FN2O2/c1-24(2,3)29-23(28)26-22-20-14-13-19(21(22)17-9-11-18(25)12-10-17)27(20)15-16-7-5-4-6-8-16/h4-12,19-22H,13-15H2,1-3H3,(H,26,28). The van der Waals surface area contributed by atoms with Crippen LogP contribution in [-0.4, -0.2) is 34.7 Å². The predicted octanol–water partition coefficient (Wildman–Crippen LogP) is 4.85. The predicted molar refractivity (Wildman–Crippen MR) is 111 cm³/mol. The second-order valence-electron chi connectivity index (χ2n) is 9.12. The van der Waals surface area contributed by atoms with Crippen LogP contribution in [0.3, 0.4) is 0 Å². The molecule has 2 aliphatic heterocycles. The van der Waals surface area contributed by atoms with E-state index >= 15 is 0 Å². The number of benzene rings is 2. The van der Waals surface area contributed by atoms with Crippen molar-refractivity contribution in [3.8, 4) is 0 Å². The number of hydrogen-bond acceptors (Lipinski definition) is 3. The first-order valence-electron chi connectivity index (χ1n) is 10.4. The number of rotatable bonds is 4. The van der Waals surface area contributed by atoms with E-state index in [1.165, 1.54) is 17.7 Å². The molecule has 4 atom stereocenters. The van der Waals surface area contributed by atoms with E-state index in [1.54, 1.807) is 0 Å². The average Bonchev–Trinajstić information content (AvgIpc) is 3.17. The van der Waals surface area contributed by atoms with Crippen molar-refractivity contribution in [2.45, 2.75) is 69.8 Å². The van der Waals surface area contributed by atoms with Crippen LogP contribution in [0, 0.1) is 5.82 Å². The number of amides is 1. The molecule has 4 nitrogen and oxygen atoms in total. The Kier molecular flexibility index (Phi) is 5.34.